The maximum Gasteiger partial charge on any atom is 0.216 e. The molecule has 1 amide bonds. The molecule has 1 saturated heterocycles. The zero-order valence-corrected chi connectivity index (χ0v) is 15.5. The molecule has 0 spiro atoms. The van der Waals surface area contributed by atoms with Gasteiger partial charge in [-0.2, -0.15) is 5.10 Å². The Morgan fingerprint density at radius 3 is 2.81 bits per heavy atom. The molecule has 2 aromatic heterocycles. The summed E-state index contributed by atoms with van der Waals surface area (Å²) in [6.45, 7) is 4.95. The highest BCUT2D eigenvalue weighted by molar-refractivity contribution is 5.74. The van der Waals surface area contributed by atoms with Gasteiger partial charge in [0.25, 0.3) is 0 Å². The molecule has 1 atom stereocenters. The van der Waals surface area contributed by atoms with E-state index in [0.717, 1.165) is 42.4 Å². The Kier molecular flexibility index (Phi) is 5.15. The van der Waals surface area contributed by atoms with Gasteiger partial charge in [0.1, 0.15) is 5.52 Å². The second-order valence-corrected chi connectivity index (χ2v) is 7.59. The van der Waals surface area contributed by atoms with E-state index in [1.165, 1.54) is 39.0 Å². The first-order valence-corrected chi connectivity index (χ1v) is 9.88. The molecule has 7 nitrogen and oxygen atoms in total. The number of rotatable bonds is 5. The lowest BCUT2D eigenvalue weighted by atomic mass is 9.94. The van der Waals surface area contributed by atoms with E-state index in [2.05, 4.69) is 20.2 Å². The minimum atomic E-state index is -0.0216. The molecule has 3 heterocycles. The van der Waals surface area contributed by atoms with Crippen molar-refractivity contribution in [1.82, 2.24) is 30.0 Å². The Morgan fingerprint density at radius 1 is 1.19 bits per heavy atom. The number of fused-ring (bicyclic) bond motifs is 1. The van der Waals surface area contributed by atoms with E-state index in [0.29, 0.717) is 19.0 Å². The van der Waals surface area contributed by atoms with E-state index >= 15 is 0 Å². The highest BCUT2D eigenvalue weighted by atomic mass is 16.1. The lowest BCUT2D eigenvalue weighted by molar-refractivity contribution is -0.118. The van der Waals surface area contributed by atoms with Crippen LogP contribution in [0.1, 0.15) is 57.1 Å². The van der Waals surface area contributed by atoms with Crippen LogP contribution in [0.3, 0.4) is 0 Å². The minimum absolute atomic E-state index is 0.0216. The van der Waals surface area contributed by atoms with Crippen LogP contribution in [0.25, 0.3) is 11.2 Å². The maximum absolute atomic E-state index is 11.1. The molecule has 1 N–H and O–H groups in total. The van der Waals surface area contributed by atoms with Crippen molar-refractivity contribution in [1.29, 1.82) is 0 Å². The van der Waals surface area contributed by atoms with Crippen LogP contribution in [0.15, 0.2) is 12.4 Å². The van der Waals surface area contributed by atoms with E-state index in [9.17, 15) is 4.79 Å². The molecule has 1 saturated carbocycles. The fourth-order valence-electron chi connectivity index (χ4n) is 4.48. The number of aromatic nitrogens is 4. The Hall–Kier alpha value is -2.02. The predicted octanol–water partition coefficient (Wildman–Crippen LogP) is 2.08. The number of nitrogens with one attached hydrogen (secondary N) is 1. The van der Waals surface area contributed by atoms with Crippen LogP contribution in [0, 0.1) is 0 Å². The average Bonchev–Trinajstić information content (AvgIpc) is 3.28. The van der Waals surface area contributed by atoms with Crippen LogP contribution in [-0.2, 0) is 11.3 Å². The SMILES string of the molecule is CC(=O)NCCn1nc([C@H]2CCN(C3CCCCC3)C2)c2nccnc21. The predicted molar refractivity (Wildman–Crippen MR) is 99.8 cm³/mol. The van der Waals surface area contributed by atoms with E-state index in [1.807, 2.05) is 4.68 Å². The molecule has 2 aromatic rings. The smallest absolute Gasteiger partial charge is 0.216 e. The van der Waals surface area contributed by atoms with Gasteiger partial charge in [0, 0.05) is 44.4 Å². The van der Waals surface area contributed by atoms with Crippen LogP contribution in [0.4, 0.5) is 0 Å². The van der Waals surface area contributed by atoms with E-state index < -0.39 is 0 Å². The monoisotopic (exact) mass is 356 g/mol. The van der Waals surface area contributed by atoms with Crippen molar-refractivity contribution in [3.63, 3.8) is 0 Å². The number of nitrogens with zero attached hydrogens (tertiary/aromatic N) is 5. The van der Waals surface area contributed by atoms with Gasteiger partial charge >= 0.3 is 0 Å². The number of amides is 1. The number of likely N-dealkylation sites (tertiary alicyclic amines) is 1. The van der Waals surface area contributed by atoms with E-state index in [4.69, 9.17) is 5.10 Å². The molecular formula is C19H28N6O. The Balaban J connectivity index is 1.52. The summed E-state index contributed by atoms with van der Waals surface area (Å²) in [5.74, 6) is 0.407. The normalized spacial score (nSPS) is 22.1. The molecule has 140 valence electrons. The summed E-state index contributed by atoms with van der Waals surface area (Å²) < 4.78 is 1.90. The molecule has 2 aliphatic rings. The standard InChI is InChI=1S/C19H28N6O/c1-14(26)20-10-12-25-19-18(21-8-9-22-19)17(23-25)15-7-11-24(13-15)16-5-3-2-4-6-16/h8-9,15-16H,2-7,10-13H2,1H3,(H,20,26)/t15-/m0/s1. The lowest BCUT2D eigenvalue weighted by Crippen LogP contribution is -2.34. The molecule has 2 fully saturated rings. The summed E-state index contributed by atoms with van der Waals surface area (Å²) >= 11 is 0. The van der Waals surface area contributed by atoms with Gasteiger partial charge in [-0.25, -0.2) is 14.6 Å². The van der Waals surface area contributed by atoms with Crippen molar-refractivity contribution in [2.75, 3.05) is 19.6 Å². The van der Waals surface area contributed by atoms with Crippen LogP contribution in [-0.4, -0.2) is 56.2 Å². The van der Waals surface area contributed by atoms with E-state index in [1.54, 1.807) is 12.4 Å². The summed E-state index contributed by atoms with van der Waals surface area (Å²) in [6, 6.07) is 0.757. The lowest BCUT2D eigenvalue weighted by Gasteiger charge is -2.30. The molecule has 0 unspecified atom stereocenters. The van der Waals surface area contributed by atoms with Crippen molar-refractivity contribution in [2.45, 2.75) is 64.0 Å². The number of carbonyl (C=O) groups is 1. The largest absolute Gasteiger partial charge is 0.354 e. The van der Waals surface area contributed by atoms with Crippen molar-refractivity contribution >= 4 is 17.1 Å². The topological polar surface area (TPSA) is 75.9 Å². The zero-order chi connectivity index (χ0) is 17.9. The Bertz CT molecular complexity index is 766. The Morgan fingerprint density at radius 2 is 2.00 bits per heavy atom. The van der Waals surface area contributed by atoms with Crippen LogP contribution >= 0.6 is 0 Å². The molecule has 26 heavy (non-hydrogen) atoms. The first kappa shape index (κ1) is 17.4. The third kappa shape index (κ3) is 3.58. The Labute approximate surface area is 154 Å². The van der Waals surface area contributed by atoms with Gasteiger partial charge in [0.2, 0.25) is 5.91 Å². The van der Waals surface area contributed by atoms with Gasteiger partial charge in [-0.15, -0.1) is 0 Å². The van der Waals surface area contributed by atoms with Gasteiger partial charge in [0.15, 0.2) is 5.65 Å². The molecular weight excluding hydrogens is 328 g/mol. The van der Waals surface area contributed by atoms with Crippen LogP contribution in [0.5, 0.6) is 0 Å². The highest BCUT2D eigenvalue weighted by Gasteiger charge is 2.32. The first-order chi connectivity index (χ1) is 12.7. The van der Waals surface area contributed by atoms with Gasteiger partial charge in [-0.3, -0.25) is 9.69 Å². The summed E-state index contributed by atoms with van der Waals surface area (Å²) in [7, 11) is 0. The van der Waals surface area contributed by atoms with E-state index in [-0.39, 0.29) is 5.91 Å². The summed E-state index contributed by atoms with van der Waals surface area (Å²) in [5, 5.41) is 7.69. The third-order valence-corrected chi connectivity index (χ3v) is 5.79. The summed E-state index contributed by atoms with van der Waals surface area (Å²) in [6.07, 6.45) is 11.4. The van der Waals surface area contributed by atoms with Crippen LogP contribution in [0.2, 0.25) is 0 Å². The quantitative estimate of drug-likeness (QED) is 0.888. The fraction of sp³-hybridized carbons (Fsp3) is 0.684. The highest BCUT2D eigenvalue weighted by Crippen LogP contribution is 2.34. The summed E-state index contributed by atoms with van der Waals surface area (Å²) in [4.78, 5) is 22.9. The third-order valence-electron chi connectivity index (χ3n) is 5.79. The van der Waals surface area contributed by atoms with Gasteiger partial charge in [0.05, 0.1) is 12.2 Å². The fourth-order valence-corrected chi connectivity index (χ4v) is 4.48. The summed E-state index contributed by atoms with van der Waals surface area (Å²) in [5.41, 5.74) is 2.82. The number of hydrogen-bond acceptors (Lipinski definition) is 5. The van der Waals surface area contributed by atoms with Gasteiger partial charge in [-0.05, 0) is 25.8 Å². The number of hydrogen-bond donors (Lipinski definition) is 1. The van der Waals surface area contributed by atoms with Crippen molar-refractivity contribution in [3.8, 4) is 0 Å². The molecule has 4 rings (SSSR count). The second kappa shape index (κ2) is 7.70. The zero-order valence-electron chi connectivity index (χ0n) is 15.5. The van der Waals surface area contributed by atoms with Crippen LogP contribution < -0.4 is 5.32 Å². The molecule has 1 aliphatic carbocycles. The maximum atomic E-state index is 11.1. The second-order valence-electron chi connectivity index (χ2n) is 7.59. The average molecular weight is 356 g/mol. The van der Waals surface area contributed by atoms with Crippen molar-refractivity contribution in [3.05, 3.63) is 18.1 Å². The molecule has 0 aromatic carbocycles. The van der Waals surface area contributed by atoms with Crippen molar-refractivity contribution < 1.29 is 4.79 Å². The molecule has 0 bridgehead atoms. The molecule has 0 radical (unpaired) electrons. The first-order valence-electron chi connectivity index (χ1n) is 9.88. The number of carbonyl (C=O) groups excluding carboxylic acids is 1. The van der Waals surface area contributed by atoms with Crippen molar-refractivity contribution in [2.24, 2.45) is 0 Å². The molecule has 1 aliphatic heterocycles. The van der Waals surface area contributed by atoms with Gasteiger partial charge < -0.3 is 5.32 Å². The van der Waals surface area contributed by atoms with Gasteiger partial charge in [-0.1, -0.05) is 19.3 Å². The minimum Gasteiger partial charge on any atom is -0.354 e. The molecule has 7 heteroatoms.